The zero-order valence-corrected chi connectivity index (χ0v) is 15.6. The van der Waals surface area contributed by atoms with Crippen LogP contribution in [0.4, 0.5) is 11.4 Å². The summed E-state index contributed by atoms with van der Waals surface area (Å²) >= 11 is 0. The van der Waals surface area contributed by atoms with Crippen LogP contribution in [-0.2, 0) is 21.4 Å². The molecule has 27 heavy (non-hydrogen) atoms. The lowest BCUT2D eigenvalue weighted by atomic mass is 10.1. The molecule has 0 saturated heterocycles. The Balaban J connectivity index is 2.10. The fourth-order valence-corrected chi connectivity index (χ4v) is 2.99. The number of carbonyl (C=O) groups excluding carboxylic acids is 1. The van der Waals surface area contributed by atoms with Crippen molar-refractivity contribution in [2.45, 2.75) is 24.4 Å². The van der Waals surface area contributed by atoms with Crippen molar-refractivity contribution in [2.75, 3.05) is 12.4 Å². The summed E-state index contributed by atoms with van der Waals surface area (Å²) in [6, 6.07) is 11.3. The molecule has 144 valence electrons. The van der Waals surface area contributed by atoms with Gasteiger partial charge in [0.25, 0.3) is 5.69 Å². The van der Waals surface area contributed by atoms with Gasteiger partial charge in [-0.25, -0.2) is 13.6 Å². The molecule has 0 heterocycles. The van der Waals surface area contributed by atoms with Gasteiger partial charge in [-0.1, -0.05) is 24.3 Å². The van der Waals surface area contributed by atoms with Gasteiger partial charge in [-0.05, 0) is 32.2 Å². The molecule has 0 radical (unpaired) electrons. The number of carbonyl (C=O) groups is 1. The minimum absolute atomic E-state index is 0.0159. The van der Waals surface area contributed by atoms with Crippen LogP contribution >= 0.6 is 0 Å². The molecule has 0 saturated carbocycles. The number of primary sulfonamides is 1. The highest BCUT2D eigenvalue weighted by molar-refractivity contribution is 7.89. The average Bonchev–Trinajstić information content (AvgIpc) is 2.60. The van der Waals surface area contributed by atoms with Crippen LogP contribution < -0.4 is 10.5 Å². The SMILES string of the molecule is CC(C(=O)Nc1cccc(S(N)(=O)=O)c1)N(C)Cc1ccccc1[N+](=O)[O-]. The fraction of sp³-hybridized carbons (Fsp3) is 0.235. The van der Waals surface area contributed by atoms with Crippen LogP contribution in [0.3, 0.4) is 0 Å². The molecular weight excluding hydrogens is 372 g/mol. The van der Waals surface area contributed by atoms with Crippen LogP contribution in [0.1, 0.15) is 12.5 Å². The fourth-order valence-electron chi connectivity index (χ4n) is 2.43. The average molecular weight is 392 g/mol. The number of anilines is 1. The van der Waals surface area contributed by atoms with E-state index in [0.717, 1.165) is 0 Å². The predicted molar refractivity (Wildman–Crippen MR) is 100 cm³/mol. The quantitative estimate of drug-likeness (QED) is 0.544. The van der Waals surface area contributed by atoms with Gasteiger partial charge in [0, 0.05) is 23.9 Å². The first-order valence-corrected chi connectivity index (χ1v) is 9.50. The van der Waals surface area contributed by atoms with Crippen LogP contribution in [-0.4, -0.2) is 37.2 Å². The number of nitrogens with one attached hydrogen (secondary N) is 1. The van der Waals surface area contributed by atoms with Crippen LogP contribution in [0.2, 0.25) is 0 Å². The van der Waals surface area contributed by atoms with Gasteiger partial charge in [0.05, 0.1) is 15.9 Å². The highest BCUT2D eigenvalue weighted by atomic mass is 32.2. The summed E-state index contributed by atoms with van der Waals surface area (Å²) in [5, 5.41) is 18.8. The van der Waals surface area contributed by atoms with Gasteiger partial charge in [-0.15, -0.1) is 0 Å². The number of nitrogens with zero attached hydrogens (tertiary/aromatic N) is 2. The molecule has 2 aromatic rings. The van der Waals surface area contributed by atoms with Crippen LogP contribution in [0.25, 0.3) is 0 Å². The Morgan fingerprint density at radius 2 is 1.93 bits per heavy atom. The number of hydrogen-bond donors (Lipinski definition) is 2. The van der Waals surface area contributed by atoms with E-state index < -0.39 is 21.0 Å². The van der Waals surface area contributed by atoms with E-state index in [0.29, 0.717) is 5.56 Å². The van der Waals surface area contributed by atoms with Crippen molar-refractivity contribution in [3.63, 3.8) is 0 Å². The molecule has 2 rings (SSSR count). The lowest BCUT2D eigenvalue weighted by Crippen LogP contribution is -2.39. The van der Waals surface area contributed by atoms with E-state index >= 15 is 0 Å². The van der Waals surface area contributed by atoms with Gasteiger partial charge in [-0.3, -0.25) is 19.8 Å². The van der Waals surface area contributed by atoms with Gasteiger partial charge >= 0.3 is 0 Å². The largest absolute Gasteiger partial charge is 0.325 e. The summed E-state index contributed by atoms with van der Waals surface area (Å²) in [7, 11) is -2.21. The van der Waals surface area contributed by atoms with Crippen LogP contribution in [0.5, 0.6) is 0 Å². The highest BCUT2D eigenvalue weighted by Gasteiger charge is 2.22. The van der Waals surface area contributed by atoms with Gasteiger partial charge in [0.1, 0.15) is 0 Å². The summed E-state index contributed by atoms with van der Waals surface area (Å²) in [5.74, 6) is -0.386. The number of benzene rings is 2. The zero-order chi connectivity index (χ0) is 20.2. The Morgan fingerprint density at radius 1 is 1.26 bits per heavy atom. The molecule has 0 bridgehead atoms. The van der Waals surface area contributed by atoms with Gasteiger partial charge < -0.3 is 5.32 Å². The number of nitro groups is 1. The lowest BCUT2D eigenvalue weighted by molar-refractivity contribution is -0.385. The second-order valence-corrected chi connectivity index (χ2v) is 7.60. The molecule has 10 heteroatoms. The van der Waals surface area contributed by atoms with Gasteiger partial charge in [0.2, 0.25) is 15.9 Å². The molecule has 1 unspecified atom stereocenters. The Bertz CT molecular complexity index is 961. The zero-order valence-electron chi connectivity index (χ0n) is 14.8. The summed E-state index contributed by atoms with van der Waals surface area (Å²) in [6.07, 6.45) is 0. The smallest absolute Gasteiger partial charge is 0.273 e. The number of likely N-dealkylation sites (N-methyl/N-ethyl adjacent to an activating group) is 1. The third-order valence-electron chi connectivity index (χ3n) is 4.08. The molecule has 3 N–H and O–H groups in total. The Hall–Kier alpha value is -2.82. The molecule has 0 aromatic heterocycles. The monoisotopic (exact) mass is 392 g/mol. The molecule has 0 fully saturated rings. The summed E-state index contributed by atoms with van der Waals surface area (Å²) in [6.45, 7) is 1.84. The Kier molecular flexibility index (Phi) is 6.26. The van der Waals surface area contributed by atoms with E-state index in [4.69, 9.17) is 5.14 Å². The second kappa shape index (κ2) is 8.25. The van der Waals surface area contributed by atoms with Crippen molar-refractivity contribution in [1.82, 2.24) is 4.90 Å². The lowest BCUT2D eigenvalue weighted by Gasteiger charge is -2.24. The Morgan fingerprint density at radius 3 is 2.56 bits per heavy atom. The summed E-state index contributed by atoms with van der Waals surface area (Å²) in [5.41, 5.74) is 0.760. The number of nitrogens with two attached hydrogens (primary N) is 1. The van der Waals surface area contributed by atoms with E-state index in [2.05, 4.69) is 5.32 Å². The third-order valence-corrected chi connectivity index (χ3v) is 4.99. The standard InChI is InChI=1S/C17H20N4O5S/c1-12(20(2)11-13-6-3-4-9-16(13)21(23)24)17(22)19-14-7-5-8-15(10-14)27(18,25)26/h3-10,12H,11H2,1-2H3,(H,19,22)(H2,18,25,26). The van der Waals surface area contributed by atoms with E-state index in [1.165, 1.54) is 24.3 Å². The van der Waals surface area contributed by atoms with Crippen LogP contribution in [0.15, 0.2) is 53.4 Å². The molecular formula is C17H20N4O5S. The maximum atomic E-state index is 12.5. The normalized spacial score (nSPS) is 12.6. The summed E-state index contributed by atoms with van der Waals surface area (Å²) < 4.78 is 22.8. The maximum Gasteiger partial charge on any atom is 0.273 e. The molecule has 0 aliphatic heterocycles. The van der Waals surface area contributed by atoms with E-state index in [9.17, 15) is 23.3 Å². The van der Waals surface area contributed by atoms with Crippen molar-refractivity contribution in [2.24, 2.45) is 5.14 Å². The maximum absolute atomic E-state index is 12.5. The Labute approximate surface area is 157 Å². The highest BCUT2D eigenvalue weighted by Crippen LogP contribution is 2.20. The first-order chi connectivity index (χ1) is 12.6. The molecule has 0 aliphatic carbocycles. The van der Waals surface area contributed by atoms with Crippen molar-refractivity contribution in [3.8, 4) is 0 Å². The third kappa shape index (κ3) is 5.33. The predicted octanol–water partition coefficient (Wildman–Crippen LogP) is 1.70. The number of sulfonamides is 1. The number of para-hydroxylation sites is 1. The molecule has 2 aromatic carbocycles. The minimum atomic E-state index is -3.88. The minimum Gasteiger partial charge on any atom is -0.325 e. The van der Waals surface area contributed by atoms with Crippen molar-refractivity contribution in [1.29, 1.82) is 0 Å². The molecule has 9 nitrogen and oxygen atoms in total. The van der Waals surface area contributed by atoms with Crippen molar-refractivity contribution >= 4 is 27.3 Å². The van der Waals surface area contributed by atoms with Crippen LogP contribution in [0, 0.1) is 10.1 Å². The number of rotatable bonds is 7. The number of amides is 1. The van der Waals surface area contributed by atoms with Gasteiger partial charge in [-0.2, -0.15) is 0 Å². The first kappa shape index (κ1) is 20.5. The van der Waals surface area contributed by atoms with E-state index in [-0.39, 0.29) is 28.7 Å². The van der Waals surface area contributed by atoms with Crippen molar-refractivity contribution < 1.29 is 18.1 Å². The summed E-state index contributed by atoms with van der Waals surface area (Å²) in [4.78, 5) is 24.6. The molecule has 0 aliphatic rings. The van der Waals surface area contributed by atoms with Gasteiger partial charge in [0.15, 0.2) is 0 Å². The van der Waals surface area contributed by atoms with E-state index in [1.54, 1.807) is 43.1 Å². The van der Waals surface area contributed by atoms with E-state index in [1.807, 2.05) is 0 Å². The number of nitro benzene ring substituents is 1. The molecule has 0 spiro atoms. The molecule has 1 amide bonds. The molecule has 1 atom stereocenters. The first-order valence-electron chi connectivity index (χ1n) is 7.96. The topological polar surface area (TPSA) is 136 Å². The second-order valence-electron chi connectivity index (χ2n) is 6.04. The van der Waals surface area contributed by atoms with Crippen molar-refractivity contribution in [3.05, 3.63) is 64.2 Å². The number of hydrogen-bond acceptors (Lipinski definition) is 6.